The molecule has 1 aromatic carbocycles. The first-order valence-corrected chi connectivity index (χ1v) is 9.50. The maximum atomic E-state index is 12.5. The fourth-order valence-corrected chi connectivity index (χ4v) is 2.90. The van der Waals surface area contributed by atoms with Gasteiger partial charge in [-0.05, 0) is 37.1 Å². The lowest BCUT2D eigenvalue weighted by Gasteiger charge is -2.23. The lowest BCUT2D eigenvalue weighted by molar-refractivity contribution is -0.131. The Morgan fingerprint density at radius 1 is 1.09 bits per heavy atom. The van der Waals surface area contributed by atoms with Gasteiger partial charge in [-0.1, -0.05) is 54.2 Å². The van der Waals surface area contributed by atoms with Gasteiger partial charge in [0.2, 0.25) is 5.91 Å². The third-order valence-electron chi connectivity index (χ3n) is 3.68. The summed E-state index contributed by atoms with van der Waals surface area (Å²) in [5.74, 6) is -0.0444. The molecule has 0 saturated heterocycles. The highest BCUT2D eigenvalue weighted by molar-refractivity contribution is 9.10. The van der Waals surface area contributed by atoms with Gasteiger partial charge in [0.15, 0.2) is 5.78 Å². The van der Waals surface area contributed by atoms with Crippen molar-refractivity contribution in [3.63, 3.8) is 0 Å². The second kappa shape index (κ2) is 10.8. The molecule has 0 N–H and O–H groups in total. The molecule has 0 fully saturated rings. The zero-order valence-corrected chi connectivity index (χ0v) is 16.2. The zero-order chi connectivity index (χ0) is 17.2. The second-order valence-corrected chi connectivity index (χ2v) is 7.17. The number of nitrogens with zero attached hydrogens (tertiary/aromatic N) is 1. The Morgan fingerprint density at radius 2 is 1.61 bits per heavy atom. The van der Waals surface area contributed by atoms with Crippen molar-refractivity contribution < 1.29 is 9.59 Å². The van der Waals surface area contributed by atoms with Crippen molar-refractivity contribution in [2.24, 2.45) is 0 Å². The summed E-state index contributed by atoms with van der Waals surface area (Å²) < 4.78 is 0. The molecule has 0 bridgehead atoms. The maximum Gasteiger partial charge on any atom is 0.224 e. The normalized spacial score (nSPS) is 12.0. The van der Waals surface area contributed by atoms with E-state index in [-0.39, 0.29) is 18.1 Å². The third kappa shape index (κ3) is 7.05. The Bertz CT molecular complexity index is 496. The van der Waals surface area contributed by atoms with Crippen LogP contribution in [-0.2, 0) is 4.79 Å². The Morgan fingerprint density at radius 3 is 2.09 bits per heavy atom. The number of amides is 1. The highest BCUT2D eigenvalue weighted by Crippen LogP contribution is 2.18. The van der Waals surface area contributed by atoms with E-state index in [4.69, 9.17) is 11.6 Å². The number of hydrogen-bond donors (Lipinski definition) is 0. The summed E-state index contributed by atoms with van der Waals surface area (Å²) in [6.45, 7) is 5.76. The van der Waals surface area contributed by atoms with Gasteiger partial charge in [-0.2, -0.15) is 0 Å². The standard InChI is InChI=1S/C18H25BrClNO2/c1-3-5-11-21(12-6-4-2)17(22)13-16(19)18(23)14-7-9-15(20)10-8-14/h7-10,16H,3-6,11-13H2,1-2H3/t16-/m1/s1. The van der Waals surface area contributed by atoms with Gasteiger partial charge in [0.25, 0.3) is 0 Å². The molecule has 128 valence electrons. The molecule has 0 aliphatic rings. The summed E-state index contributed by atoms with van der Waals surface area (Å²) in [4.78, 5) is 26.2. The molecule has 1 aromatic rings. The van der Waals surface area contributed by atoms with Crippen molar-refractivity contribution in [2.75, 3.05) is 13.1 Å². The minimum Gasteiger partial charge on any atom is -0.343 e. The van der Waals surface area contributed by atoms with Gasteiger partial charge in [0.1, 0.15) is 0 Å². The molecule has 0 aliphatic heterocycles. The maximum absolute atomic E-state index is 12.5. The van der Waals surface area contributed by atoms with E-state index in [2.05, 4.69) is 29.8 Å². The molecule has 1 amide bonds. The zero-order valence-electron chi connectivity index (χ0n) is 13.9. The second-order valence-electron chi connectivity index (χ2n) is 5.63. The molecule has 5 heteroatoms. The van der Waals surface area contributed by atoms with Crippen molar-refractivity contribution in [1.82, 2.24) is 4.90 Å². The number of carbonyl (C=O) groups is 2. The van der Waals surface area contributed by atoms with Crippen LogP contribution in [0.1, 0.15) is 56.3 Å². The fourth-order valence-electron chi connectivity index (χ4n) is 2.23. The van der Waals surface area contributed by atoms with Gasteiger partial charge in [-0.3, -0.25) is 9.59 Å². The molecule has 3 nitrogen and oxygen atoms in total. The number of benzene rings is 1. The monoisotopic (exact) mass is 401 g/mol. The molecule has 0 saturated carbocycles. The predicted molar refractivity (Wildman–Crippen MR) is 99.5 cm³/mol. The molecule has 0 unspecified atom stereocenters. The smallest absolute Gasteiger partial charge is 0.224 e. The van der Waals surface area contributed by atoms with Crippen molar-refractivity contribution in [2.45, 2.75) is 50.8 Å². The number of rotatable bonds is 10. The highest BCUT2D eigenvalue weighted by atomic mass is 79.9. The first kappa shape index (κ1) is 20.2. The summed E-state index contributed by atoms with van der Waals surface area (Å²) >= 11 is 9.21. The van der Waals surface area contributed by atoms with E-state index in [1.54, 1.807) is 24.3 Å². The van der Waals surface area contributed by atoms with Crippen LogP contribution < -0.4 is 0 Å². The average molecular weight is 403 g/mol. The van der Waals surface area contributed by atoms with Crippen LogP contribution in [0.3, 0.4) is 0 Å². The van der Waals surface area contributed by atoms with Crippen LogP contribution >= 0.6 is 27.5 Å². The van der Waals surface area contributed by atoms with Crippen molar-refractivity contribution in [3.8, 4) is 0 Å². The highest BCUT2D eigenvalue weighted by Gasteiger charge is 2.23. The summed E-state index contributed by atoms with van der Waals surface area (Å²) in [5.41, 5.74) is 0.567. The fraction of sp³-hybridized carbons (Fsp3) is 0.556. The molecule has 23 heavy (non-hydrogen) atoms. The Hall–Kier alpha value is -0.870. The van der Waals surface area contributed by atoms with Crippen molar-refractivity contribution in [1.29, 1.82) is 0 Å². The van der Waals surface area contributed by atoms with E-state index < -0.39 is 4.83 Å². The van der Waals surface area contributed by atoms with Gasteiger partial charge in [-0.25, -0.2) is 0 Å². The summed E-state index contributed by atoms with van der Waals surface area (Å²) in [5, 5.41) is 0.592. The molecule has 0 aliphatic carbocycles. The summed E-state index contributed by atoms with van der Waals surface area (Å²) in [6.07, 6.45) is 4.28. The molecular formula is C18H25BrClNO2. The minimum absolute atomic E-state index is 0.0380. The Balaban J connectivity index is 2.64. The first-order valence-electron chi connectivity index (χ1n) is 8.21. The summed E-state index contributed by atoms with van der Waals surface area (Å²) in [6, 6.07) is 6.75. The van der Waals surface area contributed by atoms with E-state index in [9.17, 15) is 9.59 Å². The van der Waals surface area contributed by atoms with Crippen LogP contribution in [0.2, 0.25) is 5.02 Å². The van der Waals surface area contributed by atoms with Gasteiger partial charge in [-0.15, -0.1) is 0 Å². The third-order valence-corrected chi connectivity index (χ3v) is 4.67. The van der Waals surface area contributed by atoms with E-state index >= 15 is 0 Å². The number of ketones is 1. The molecule has 0 radical (unpaired) electrons. The topological polar surface area (TPSA) is 37.4 Å². The largest absolute Gasteiger partial charge is 0.343 e. The van der Waals surface area contributed by atoms with E-state index in [1.165, 1.54) is 0 Å². The number of hydrogen-bond acceptors (Lipinski definition) is 2. The molecule has 1 rings (SSSR count). The van der Waals surface area contributed by atoms with Crippen LogP contribution in [0, 0.1) is 0 Å². The van der Waals surface area contributed by atoms with Crippen molar-refractivity contribution in [3.05, 3.63) is 34.9 Å². The van der Waals surface area contributed by atoms with E-state index in [0.717, 1.165) is 38.8 Å². The van der Waals surface area contributed by atoms with E-state index in [1.807, 2.05) is 4.90 Å². The minimum atomic E-state index is -0.498. The lowest BCUT2D eigenvalue weighted by Crippen LogP contribution is -2.35. The molecule has 0 aromatic heterocycles. The average Bonchev–Trinajstić information content (AvgIpc) is 2.54. The van der Waals surface area contributed by atoms with Crippen molar-refractivity contribution >= 4 is 39.2 Å². The Kier molecular flexibility index (Phi) is 9.49. The van der Waals surface area contributed by atoms with Gasteiger partial charge in [0.05, 0.1) is 4.83 Å². The van der Waals surface area contributed by atoms with Gasteiger partial charge >= 0.3 is 0 Å². The van der Waals surface area contributed by atoms with Crippen LogP contribution in [0.15, 0.2) is 24.3 Å². The molecular weight excluding hydrogens is 378 g/mol. The summed E-state index contributed by atoms with van der Waals surface area (Å²) in [7, 11) is 0. The van der Waals surface area contributed by atoms with Crippen LogP contribution in [0.25, 0.3) is 0 Å². The lowest BCUT2D eigenvalue weighted by atomic mass is 10.1. The predicted octanol–water partition coefficient (Wildman–Crippen LogP) is 5.11. The van der Waals surface area contributed by atoms with Crippen LogP contribution in [-0.4, -0.2) is 34.5 Å². The number of alkyl halides is 1. The first-order chi connectivity index (χ1) is 11.0. The number of carbonyl (C=O) groups excluding carboxylic acids is 2. The molecule has 1 atom stereocenters. The molecule has 0 spiro atoms. The number of Topliss-reactive ketones (excluding diaryl/α,β-unsaturated/α-hetero) is 1. The van der Waals surface area contributed by atoms with Crippen LogP contribution in [0.4, 0.5) is 0 Å². The quantitative estimate of drug-likeness (QED) is 0.403. The van der Waals surface area contributed by atoms with Gasteiger partial charge in [0, 0.05) is 30.1 Å². The molecule has 0 heterocycles. The van der Waals surface area contributed by atoms with Gasteiger partial charge < -0.3 is 4.90 Å². The van der Waals surface area contributed by atoms with Crippen LogP contribution in [0.5, 0.6) is 0 Å². The SMILES string of the molecule is CCCCN(CCCC)C(=O)C[C@@H](Br)C(=O)c1ccc(Cl)cc1. The number of halogens is 2. The van der Waals surface area contributed by atoms with E-state index in [0.29, 0.717) is 10.6 Å². The Labute approximate surface area is 152 Å². The number of unbranched alkanes of at least 4 members (excludes halogenated alkanes) is 2.